The first-order valence-corrected chi connectivity index (χ1v) is 6.38. The van der Waals surface area contributed by atoms with Crippen LogP contribution in [0.4, 0.5) is 13.2 Å². The lowest BCUT2D eigenvalue weighted by atomic mass is 10.1. The van der Waals surface area contributed by atoms with Crippen LogP contribution in [0.25, 0.3) is 0 Å². The summed E-state index contributed by atoms with van der Waals surface area (Å²) >= 11 is 0. The first-order valence-electron chi connectivity index (χ1n) is 6.38. The third-order valence-corrected chi connectivity index (χ3v) is 3.36. The van der Waals surface area contributed by atoms with Crippen molar-refractivity contribution in [1.82, 2.24) is 4.90 Å². The summed E-state index contributed by atoms with van der Waals surface area (Å²) in [5.41, 5.74) is -0.486. The lowest BCUT2D eigenvalue weighted by molar-refractivity contribution is -0.137. The number of nitrogens with zero attached hydrogens (tertiary/aromatic N) is 1. The second kappa shape index (κ2) is 5.83. The van der Waals surface area contributed by atoms with Crippen LogP contribution in [0.15, 0.2) is 24.3 Å². The summed E-state index contributed by atoms with van der Waals surface area (Å²) in [4.78, 5) is 13.6. The first-order chi connectivity index (χ1) is 9.38. The first kappa shape index (κ1) is 14.8. The molecule has 2 rings (SSSR count). The van der Waals surface area contributed by atoms with E-state index in [1.54, 1.807) is 7.05 Å². The average Bonchev–Trinajstić information content (AvgIpc) is 2.90. The predicted molar refractivity (Wildman–Crippen MR) is 67.3 cm³/mol. The minimum absolute atomic E-state index is 0.263. The molecule has 1 saturated heterocycles. The molecule has 3 nitrogen and oxygen atoms in total. The Kier molecular flexibility index (Phi) is 4.32. The molecule has 6 heteroatoms. The van der Waals surface area contributed by atoms with Gasteiger partial charge in [-0.1, -0.05) is 0 Å². The van der Waals surface area contributed by atoms with Crippen LogP contribution in [0.3, 0.4) is 0 Å². The molecule has 1 aromatic carbocycles. The number of alkyl halides is 3. The Hall–Kier alpha value is -1.56. The molecule has 0 bridgehead atoms. The van der Waals surface area contributed by atoms with Gasteiger partial charge in [0.2, 0.25) is 0 Å². The van der Waals surface area contributed by atoms with Crippen molar-refractivity contribution in [2.75, 3.05) is 26.8 Å². The van der Waals surface area contributed by atoms with Crippen molar-refractivity contribution in [2.45, 2.75) is 12.6 Å². The van der Waals surface area contributed by atoms with Crippen LogP contribution < -0.4 is 0 Å². The Morgan fingerprint density at radius 3 is 2.50 bits per heavy atom. The number of ether oxygens (including phenoxy) is 1. The van der Waals surface area contributed by atoms with Crippen molar-refractivity contribution in [1.29, 1.82) is 0 Å². The number of rotatable bonds is 3. The van der Waals surface area contributed by atoms with Crippen molar-refractivity contribution < 1.29 is 22.7 Å². The van der Waals surface area contributed by atoms with Crippen molar-refractivity contribution in [2.24, 2.45) is 5.92 Å². The van der Waals surface area contributed by atoms with Gasteiger partial charge >= 0.3 is 6.18 Å². The maximum atomic E-state index is 12.4. The fourth-order valence-electron chi connectivity index (χ4n) is 2.22. The van der Waals surface area contributed by atoms with Crippen LogP contribution in [0.5, 0.6) is 0 Å². The van der Waals surface area contributed by atoms with E-state index < -0.39 is 11.7 Å². The topological polar surface area (TPSA) is 29.5 Å². The van der Waals surface area contributed by atoms with Gasteiger partial charge in [-0.25, -0.2) is 0 Å². The molecule has 1 fully saturated rings. The summed E-state index contributed by atoms with van der Waals surface area (Å²) in [7, 11) is 1.65. The van der Waals surface area contributed by atoms with E-state index in [1.165, 1.54) is 17.0 Å². The molecule has 1 unspecified atom stereocenters. The number of amides is 1. The molecule has 0 radical (unpaired) electrons. The standard InChI is InChI=1S/C14H16F3NO2/c1-18(8-10-6-7-20-9-10)13(19)11-2-4-12(5-3-11)14(15,16)17/h2-5,10H,6-9H2,1H3. The number of hydrogen-bond donors (Lipinski definition) is 0. The minimum atomic E-state index is -4.38. The summed E-state index contributed by atoms with van der Waals surface area (Å²) in [5.74, 6) is 0.0315. The molecule has 1 atom stereocenters. The second-order valence-corrected chi connectivity index (χ2v) is 4.99. The summed E-state index contributed by atoms with van der Waals surface area (Å²) in [6.45, 7) is 1.89. The van der Waals surface area contributed by atoms with E-state index >= 15 is 0 Å². The third kappa shape index (κ3) is 3.50. The Balaban J connectivity index is 2.01. The van der Waals surface area contributed by atoms with Gasteiger partial charge in [0.25, 0.3) is 5.91 Å². The van der Waals surface area contributed by atoms with E-state index in [4.69, 9.17) is 4.74 Å². The molecule has 20 heavy (non-hydrogen) atoms. The van der Waals surface area contributed by atoms with Gasteiger partial charge in [-0.05, 0) is 30.7 Å². The molecule has 0 saturated carbocycles. The normalized spacial score (nSPS) is 19.1. The van der Waals surface area contributed by atoms with Crippen LogP contribution in [-0.4, -0.2) is 37.6 Å². The van der Waals surface area contributed by atoms with Gasteiger partial charge < -0.3 is 9.64 Å². The van der Waals surface area contributed by atoms with E-state index in [9.17, 15) is 18.0 Å². The van der Waals surface area contributed by atoms with Gasteiger partial charge in [-0.2, -0.15) is 13.2 Å². The second-order valence-electron chi connectivity index (χ2n) is 4.99. The van der Waals surface area contributed by atoms with Gasteiger partial charge in [0.05, 0.1) is 12.2 Å². The van der Waals surface area contributed by atoms with Gasteiger partial charge in [0.15, 0.2) is 0 Å². The van der Waals surface area contributed by atoms with Gasteiger partial charge in [0, 0.05) is 31.7 Å². The Morgan fingerprint density at radius 2 is 2.00 bits per heavy atom. The highest BCUT2D eigenvalue weighted by Gasteiger charge is 2.30. The van der Waals surface area contributed by atoms with Crippen molar-refractivity contribution in [3.63, 3.8) is 0 Å². The number of halogens is 3. The van der Waals surface area contributed by atoms with Crippen LogP contribution in [0.2, 0.25) is 0 Å². The highest BCUT2D eigenvalue weighted by Crippen LogP contribution is 2.29. The highest BCUT2D eigenvalue weighted by molar-refractivity contribution is 5.94. The molecular weight excluding hydrogens is 271 g/mol. The Labute approximate surface area is 115 Å². The van der Waals surface area contributed by atoms with E-state index in [0.29, 0.717) is 25.7 Å². The highest BCUT2D eigenvalue weighted by atomic mass is 19.4. The fraction of sp³-hybridized carbons (Fsp3) is 0.500. The zero-order valence-electron chi connectivity index (χ0n) is 11.1. The summed E-state index contributed by atoms with van der Waals surface area (Å²) < 4.78 is 42.6. The number of carbonyl (C=O) groups is 1. The monoisotopic (exact) mass is 287 g/mol. The van der Waals surface area contributed by atoms with Crippen LogP contribution >= 0.6 is 0 Å². The van der Waals surface area contributed by atoms with Crippen molar-refractivity contribution in [3.8, 4) is 0 Å². The maximum Gasteiger partial charge on any atom is 0.416 e. The van der Waals surface area contributed by atoms with Crippen molar-refractivity contribution >= 4 is 5.91 Å². The van der Waals surface area contributed by atoms with Crippen LogP contribution in [0, 0.1) is 5.92 Å². The average molecular weight is 287 g/mol. The van der Waals surface area contributed by atoms with Crippen molar-refractivity contribution in [3.05, 3.63) is 35.4 Å². The summed E-state index contributed by atoms with van der Waals surface area (Å²) in [5, 5.41) is 0. The SMILES string of the molecule is CN(CC1CCOC1)C(=O)c1ccc(C(F)(F)F)cc1. The quantitative estimate of drug-likeness (QED) is 0.855. The minimum Gasteiger partial charge on any atom is -0.381 e. The zero-order valence-corrected chi connectivity index (χ0v) is 11.1. The Bertz CT molecular complexity index is 464. The maximum absolute atomic E-state index is 12.4. The molecule has 0 aromatic heterocycles. The smallest absolute Gasteiger partial charge is 0.381 e. The van der Waals surface area contributed by atoms with E-state index in [2.05, 4.69) is 0 Å². The molecule has 1 aromatic rings. The summed E-state index contributed by atoms with van der Waals surface area (Å²) in [6.07, 6.45) is -3.47. The number of hydrogen-bond acceptors (Lipinski definition) is 2. The lowest BCUT2D eigenvalue weighted by Crippen LogP contribution is -2.32. The predicted octanol–water partition coefficient (Wildman–Crippen LogP) is 2.81. The van der Waals surface area contributed by atoms with Crippen LogP contribution in [-0.2, 0) is 10.9 Å². The third-order valence-electron chi connectivity index (χ3n) is 3.36. The number of carbonyl (C=O) groups excluding carboxylic acids is 1. The number of benzene rings is 1. The largest absolute Gasteiger partial charge is 0.416 e. The van der Waals surface area contributed by atoms with E-state index in [1.807, 2.05) is 0 Å². The van der Waals surface area contributed by atoms with Crippen LogP contribution in [0.1, 0.15) is 22.3 Å². The fourth-order valence-corrected chi connectivity index (χ4v) is 2.22. The molecule has 1 heterocycles. The molecular formula is C14H16F3NO2. The molecule has 0 N–H and O–H groups in total. The Morgan fingerprint density at radius 1 is 1.35 bits per heavy atom. The molecule has 0 aliphatic carbocycles. The molecule has 0 spiro atoms. The zero-order chi connectivity index (χ0) is 14.8. The lowest BCUT2D eigenvalue weighted by Gasteiger charge is -2.20. The van der Waals surface area contributed by atoms with Gasteiger partial charge in [-0.3, -0.25) is 4.79 Å². The molecule has 1 aliphatic heterocycles. The summed E-state index contributed by atoms with van der Waals surface area (Å²) in [6, 6.07) is 4.29. The van der Waals surface area contributed by atoms with E-state index in [0.717, 1.165) is 18.6 Å². The molecule has 1 amide bonds. The molecule has 110 valence electrons. The van der Waals surface area contributed by atoms with Gasteiger partial charge in [-0.15, -0.1) is 0 Å². The van der Waals surface area contributed by atoms with E-state index in [-0.39, 0.29) is 11.5 Å². The molecule has 1 aliphatic rings. The van der Waals surface area contributed by atoms with Gasteiger partial charge in [0.1, 0.15) is 0 Å².